The molecular weight excluding hydrogens is 436 g/mol. The quantitative estimate of drug-likeness (QED) is 0.569. The highest BCUT2D eigenvalue weighted by Gasteiger charge is 2.22. The SMILES string of the molecule is Cc1nn(-c2ccccc2)nc1C(=O)NN(CC(C)C)c1nc(C#N)ncc1Br. The monoisotopic (exact) mass is 454 g/mol. The van der Waals surface area contributed by atoms with Crippen molar-refractivity contribution in [3.8, 4) is 11.8 Å². The van der Waals surface area contributed by atoms with E-state index >= 15 is 0 Å². The van der Waals surface area contributed by atoms with Crippen molar-refractivity contribution in [2.75, 3.05) is 11.6 Å². The van der Waals surface area contributed by atoms with Crippen LogP contribution in [0.15, 0.2) is 41.0 Å². The number of halogens is 1. The predicted octanol–water partition coefficient (Wildman–Crippen LogP) is 2.81. The molecule has 10 heteroatoms. The van der Waals surface area contributed by atoms with Gasteiger partial charge in [-0.25, -0.2) is 4.98 Å². The van der Waals surface area contributed by atoms with Crippen LogP contribution in [0.2, 0.25) is 0 Å². The molecule has 0 spiro atoms. The van der Waals surface area contributed by atoms with Crippen molar-refractivity contribution in [2.45, 2.75) is 20.8 Å². The highest BCUT2D eigenvalue weighted by molar-refractivity contribution is 9.10. The van der Waals surface area contributed by atoms with E-state index in [4.69, 9.17) is 5.26 Å². The van der Waals surface area contributed by atoms with E-state index in [1.807, 2.05) is 50.2 Å². The van der Waals surface area contributed by atoms with Gasteiger partial charge in [-0.2, -0.15) is 20.1 Å². The largest absolute Gasteiger partial charge is 0.292 e. The first-order valence-corrected chi connectivity index (χ1v) is 9.69. The first-order valence-electron chi connectivity index (χ1n) is 8.89. The maximum atomic E-state index is 12.9. The molecule has 1 N–H and O–H groups in total. The van der Waals surface area contributed by atoms with Crippen molar-refractivity contribution in [1.82, 2.24) is 30.4 Å². The highest BCUT2D eigenvalue weighted by Crippen LogP contribution is 2.23. The molecule has 3 aromatic rings. The summed E-state index contributed by atoms with van der Waals surface area (Å²) in [5.74, 6) is 0.197. The van der Waals surface area contributed by atoms with E-state index < -0.39 is 5.91 Å². The summed E-state index contributed by atoms with van der Waals surface area (Å²) in [6.45, 7) is 6.22. The summed E-state index contributed by atoms with van der Waals surface area (Å²) in [6.07, 6.45) is 1.48. The van der Waals surface area contributed by atoms with Crippen LogP contribution in [-0.2, 0) is 0 Å². The summed E-state index contributed by atoms with van der Waals surface area (Å²) < 4.78 is 0.558. The van der Waals surface area contributed by atoms with Gasteiger partial charge in [0.15, 0.2) is 11.5 Å². The van der Waals surface area contributed by atoms with Crippen molar-refractivity contribution < 1.29 is 4.79 Å². The number of hydrogen-bond donors (Lipinski definition) is 1. The second-order valence-corrected chi connectivity index (χ2v) is 7.54. The normalized spacial score (nSPS) is 10.6. The van der Waals surface area contributed by atoms with E-state index in [1.165, 1.54) is 11.0 Å². The Bertz CT molecular complexity index is 1060. The van der Waals surface area contributed by atoms with Gasteiger partial charge in [-0.1, -0.05) is 32.0 Å². The first-order chi connectivity index (χ1) is 13.9. The Morgan fingerprint density at radius 2 is 2.03 bits per heavy atom. The molecule has 1 amide bonds. The minimum absolute atomic E-state index is 0.0115. The average molecular weight is 455 g/mol. The van der Waals surface area contributed by atoms with E-state index in [0.717, 1.165) is 5.69 Å². The Labute approximate surface area is 176 Å². The standard InChI is InChI=1S/C19H19BrN8O/c1-12(2)11-27(18-15(20)10-22-16(9-21)23-18)26-19(29)17-13(3)24-28(25-17)14-7-5-4-6-8-14/h4-8,10,12H,11H2,1-3H3,(H,26,29). The number of carbonyl (C=O) groups is 1. The number of hydrazine groups is 1. The summed E-state index contributed by atoms with van der Waals surface area (Å²) in [4.78, 5) is 22.5. The second-order valence-electron chi connectivity index (χ2n) is 6.68. The fraction of sp³-hybridized carbons (Fsp3) is 0.263. The lowest BCUT2D eigenvalue weighted by atomic mass is 10.2. The van der Waals surface area contributed by atoms with Crippen LogP contribution in [0.4, 0.5) is 5.82 Å². The van der Waals surface area contributed by atoms with E-state index in [9.17, 15) is 4.79 Å². The summed E-state index contributed by atoms with van der Waals surface area (Å²) in [7, 11) is 0. The van der Waals surface area contributed by atoms with Gasteiger partial charge in [0.25, 0.3) is 5.91 Å². The van der Waals surface area contributed by atoms with Crippen LogP contribution < -0.4 is 10.4 Å². The minimum atomic E-state index is -0.422. The molecule has 0 aliphatic heterocycles. The van der Waals surface area contributed by atoms with E-state index in [0.29, 0.717) is 22.5 Å². The number of nitrogens with one attached hydrogen (secondary N) is 1. The number of nitrogens with zero attached hydrogens (tertiary/aromatic N) is 7. The number of aromatic nitrogens is 5. The number of anilines is 1. The zero-order valence-corrected chi connectivity index (χ0v) is 17.8. The molecule has 0 radical (unpaired) electrons. The van der Waals surface area contributed by atoms with Gasteiger partial charge in [0, 0.05) is 12.7 Å². The van der Waals surface area contributed by atoms with Gasteiger partial charge in [-0.3, -0.25) is 15.2 Å². The Morgan fingerprint density at radius 1 is 1.31 bits per heavy atom. The number of rotatable bonds is 6. The number of aryl methyl sites for hydroxylation is 1. The molecule has 9 nitrogen and oxygen atoms in total. The zero-order valence-electron chi connectivity index (χ0n) is 16.2. The molecule has 0 saturated carbocycles. The lowest BCUT2D eigenvalue weighted by Crippen LogP contribution is -2.45. The molecule has 3 rings (SSSR count). The lowest BCUT2D eigenvalue weighted by Gasteiger charge is -2.26. The van der Waals surface area contributed by atoms with Crippen LogP contribution in [-0.4, -0.2) is 37.4 Å². The second kappa shape index (κ2) is 8.79. The molecule has 0 fully saturated rings. The average Bonchev–Trinajstić information content (AvgIpc) is 3.10. The minimum Gasteiger partial charge on any atom is -0.267 e. The first kappa shape index (κ1) is 20.4. The van der Waals surface area contributed by atoms with Crippen molar-refractivity contribution in [3.63, 3.8) is 0 Å². The lowest BCUT2D eigenvalue weighted by molar-refractivity contribution is 0.0941. The molecule has 0 aliphatic carbocycles. The fourth-order valence-corrected chi connectivity index (χ4v) is 3.00. The Morgan fingerprint density at radius 3 is 2.69 bits per heavy atom. The van der Waals surface area contributed by atoms with Gasteiger partial charge in [-0.15, -0.1) is 5.10 Å². The molecule has 0 unspecified atom stereocenters. The molecule has 148 valence electrons. The van der Waals surface area contributed by atoms with Crippen LogP contribution in [0.5, 0.6) is 0 Å². The van der Waals surface area contributed by atoms with Gasteiger partial charge < -0.3 is 0 Å². The number of hydrogen-bond acceptors (Lipinski definition) is 7. The number of carbonyl (C=O) groups excluding carboxylic acids is 1. The fourth-order valence-electron chi connectivity index (χ4n) is 2.59. The number of benzene rings is 1. The smallest absolute Gasteiger partial charge is 0.267 e. The molecular formula is C19H19BrN8O. The van der Waals surface area contributed by atoms with Crippen LogP contribution in [0.1, 0.15) is 35.9 Å². The number of nitriles is 1. The van der Waals surface area contributed by atoms with Crippen LogP contribution >= 0.6 is 15.9 Å². The van der Waals surface area contributed by atoms with Crippen LogP contribution in [0, 0.1) is 24.2 Å². The summed E-state index contributed by atoms with van der Waals surface area (Å²) in [5, 5.41) is 19.4. The van der Waals surface area contributed by atoms with Crippen molar-refractivity contribution in [2.24, 2.45) is 5.92 Å². The maximum Gasteiger partial charge on any atom is 0.292 e. The zero-order chi connectivity index (χ0) is 21.0. The maximum absolute atomic E-state index is 12.9. The molecule has 2 aromatic heterocycles. The summed E-state index contributed by atoms with van der Waals surface area (Å²) in [5.41, 5.74) is 4.28. The predicted molar refractivity (Wildman–Crippen MR) is 110 cm³/mol. The van der Waals surface area contributed by atoms with Gasteiger partial charge in [-0.05, 0) is 40.9 Å². The molecule has 2 heterocycles. The molecule has 29 heavy (non-hydrogen) atoms. The Hall–Kier alpha value is -3.32. The topological polar surface area (TPSA) is 113 Å². The highest BCUT2D eigenvalue weighted by atomic mass is 79.9. The van der Waals surface area contributed by atoms with E-state index in [-0.39, 0.29) is 17.4 Å². The molecule has 0 bridgehead atoms. The van der Waals surface area contributed by atoms with Gasteiger partial charge in [0.05, 0.1) is 15.9 Å². The van der Waals surface area contributed by atoms with E-state index in [2.05, 4.69) is 41.5 Å². The van der Waals surface area contributed by atoms with Crippen LogP contribution in [0.3, 0.4) is 0 Å². The van der Waals surface area contributed by atoms with Gasteiger partial charge in [0.2, 0.25) is 5.82 Å². The van der Waals surface area contributed by atoms with Crippen molar-refractivity contribution >= 4 is 27.7 Å². The molecule has 0 aliphatic rings. The van der Waals surface area contributed by atoms with Crippen molar-refractivity contribution in [1.29, 1.82) is 5.26 Å². The Kier molecular flexibility index (Phi) is 6.19. The Balaban J connectivity index is 1.90. The number of amides is 1. The van der Waals surface area contributed by atoms with Crippen LogP contribution in [0.25, 0.3) is 5.69 Å². The van der Waals surface area contributed by atoms with Crippen molar-refractivity contribution in [3.05, 3.63) is 58.2 Å². The molecule has 0 atom stereocenters. The third-order valence-corrected chi connectivity index (χ3v) is 4.41. The van der Waals surface area contributed by atoms with Gasteiger partial charge in [0.1, 0.15) is 6.07 Å². The molecule has 1 aromatic carbocycles. The summed E-state index contributed by atoms with van der Waals surface area (Å²) >= 11 is 3.39. The van der Waals surface area contributed by atoms with E-state index in [1.54, 1.807) is 11.9 Å². The van der Waals surface area contributed by atoms with Gasteiger partial charge >= 0.3 is 0 Å². The molecule has 0 saturated heterocycles. The third kappa shape index (κ3) is 4.75. The number of para-hydroxylation sites is 1. The summed E-state index contributed by atoms with van der Waals surface area (Å²) in [6, 6.07) is 11.3. The third-order valence-electron chi connectivity index (χ3n) is 3.85.